The Morgan fingerprint density at radius 3 is 2.45 bits per heavy atom. The van der Waals surface area contributed by atoms with Crippen LogP contribution >= 0.6 is 0 Å². The number of hydrogen-bond acceptors (Lipinski definition) is 4. The summed E-state index contributed by atoms with van der Waals surface area (Å²) in [4.78, 5) is 24.3. The van der Waals surface area contributed by atoms with E-state index in [0.717, 1.165) is 31.2 Å². The zero-order valence-corrected chi connectivity index (χ0v) is 16.2. The summed E-state index contributed by atoms with van der Waals surface area (Å²) in [5.74, 6) is 0.0968. The second-order valence-electron chi connectivity index (χ2n) is 7.48. The lowest BCUT2D eigenvalue weighted by Gasteiger charge is -2.32. The predicted molar refractivity (Wildman–Crippen MR) is 106 cm³/mol. The summed E-state index contributed by atoms with van der Waals surface area (Å²) < 4.78 is 25.2. The van der Waals surface area contributed by atoms with Crippen LogP contribution in [0, 0.1) is 5.82 Å². The molecule has 2 N–H and O–H groups in total. The van der Waals surface area contributed by atoms with Gasteiger partial charge in [0.2, 0.25) is 5.91 Å². The van der Waals surface area contributed by atoms with Crippen LogP contribution in [0.15, 0.2) is 36.4 Å². The summed E-state index contributed by atoms with van der Waals surface area (Å²) in [7, 11) is 0. The Kier molecular flexibility index (Phi) is 5.13. The fraction of sp³-hybridized carbons (Fsp3) is 0.364. The van der Waals surface area contributed by atoms with Gasteiger partial charge in [0.1, 0.15) is 19.0 Å². The van der Waals surface area contributed by atoms with Crippen molar-refractivity contribution in [1.29, 1.82) is 0 Å². The van der Waals surface area contributed by atoms with Gasteiger partial charge in [-0.1, -0.05) is 18.9 Å². The summed E-state index contributed by atoms with van der Waals surface area (Å²) in [5, 5.41) is 5.57. The predicted octanol–water partition coefficient (Wildman–Crippen LogP) is 3.75. The normalized spacial score (nSPS) is 16.9. The molecule has 0 unspecified atom stereocenters. The number of carbonyl (C=O) groups is 2. The minimum Gasteiger partial charge on any atom is -0.486 e. The van der Waals surface area contributed by atoms with E-state index >= 15 is 0 Å². The Bertz CT molecular complexity index is 954. The van der Waals surface area contributed by atoms with Crippen LogP contribution < -0.4 is 20.1 Å². The van der Waals surface area contributed by atoms with Crippen LogP contribution in [0.25, 0.3) is 0 Å². The van der Waals surface area contributed by atoms with E-state index in [0.29, 0.717) is 30.3 Å². The third-order valence-corrected chi connectivity index (χ3v) is 5.44. The monoisotopic (exact) mass is 398 g/mol. The first-order valence-electron chi connectivity index (χ1n) is 9.77. The van der Waals surface area contributed by atoms with Crippen molar-refractivity contribution in [3.63, 3.8) is 0 Å². The third-order valence-electron chi connectivity index (χ3n) is 5.44. The van der Waals surface area contributed by atoms with Gasteiger partial charge in [-0.15, -0.1) is 0 Å². The van der Waals surface area contributed by atoms with Crippen molar-refractivity contribution >= 4 is 17.5 Å². The Morgan fingerprint density at radius 2 is 1.72 bits per heavy atom. The van der Waals surface area contributed by atoms with Gasteiger partial charge in [-0.05, 0) is 48.7 Å². The molecule has 2 amide bonds. The highest BCUT2D eigenvalue weighted by atomic mass is 19.1. The molecule has 4 rings (SSSR count). The molecular formula is C22H23FN2O4. The molecule has 2 aliphatic rings. The van der Waals surface area contributed by atoms with E-state index in [4.69, 9.17) is 9.47 Å². The molecule has 1 saturated carbocycles. The molecule has 1 aliphatic heterocycles. The molecule has 0 saturated heterocycles. The van der Waals surface area contributed by atoms with Crippen LogP contribution in [0.3, 0.4) is 0 Å². The van der Waals surface area contributed by atoms with Crippen LogP contribution in [0.5, 0.6) is 11.5 Å². The maximum absolute atomic E-state index is 13.9. The Balaban J connectivity index is 1.62. The van der Waals surface area contributed by atoms with Gasteiger partial charge < -0.3 is 20.1 Å². The molecule has 152 valence electrons. The van der Waals surface area contributed by atoms with Gasteiger partial charge in [0.15, 0.2) is 11.5 Å². The molecule has 1 heterocycles. The number of nitrogens with one attached hydrogen (secondary N) is 2. The fourth-order valence-corrected chi connectivity index (χ4v) is 4.05. The topological polar surface area (TPSA) is 76.7 Å². The molecule has 2 aromatic carbocycles. The van der Waals surface area contributed by atoms with Gasteiger partial charge in [-0.3, -0.25) is 9.59 Å². The van der Waals surface area contributed by atoms with Crippen molar-refractivity contribution in [2.45, 2.75) is 38.1 Å². The molecule has 0 atom stereocenters. The summed E-state index contributed by atoms with van der Waals surface area (Å²) in [6.45, 7) is 2.31. The Hall–Kier alpha value is -3.09. The average molecular weight is 398 g/mol. The largest absolute Gasteiger partial charge is 0.486 e. The van der Waals surface area contributed by atoms with Crippen LogP contribution in [-0.4, -0.2) is 25.0 Å². The number of halogens is 1. The standard InChI is InChI=1S/C22H23FN2O4/c1-14(26)24-18-12-15(4-6-17(18)23)21(27)25-22(8-2-3-9-22)16-5-7-19-20(13-16)29-11-10-28-19/h4-7,12-13H,2-3,8-11H2,1H3,(H,24,26)(H,25,27). The van der Waals surface area contributed by atoms with Crippen LogP contribution in [0.2, 0.25) is 0 Å². The molecule has 0 spiro atoms. The molecule has 1 fully saturated rings. The van der Waals surface area contributed by atoms with E-state index in [9.17, 15) is 14.0 Å². The van der Waals surface area contributed by atoms with Crippen molar-refractivity contribution in [3.8, 4) is 11.5 Å². The summed E-state index contributed by atoms with van der Waals surface area (Å²) in [5.41, 5.74) is 0.732. The summed E-state index contributed by atoms with van der Waals surface area (Å²) in [6, 6.07) is 9.75. The first-order chi connectivity index (χ1) is 14.0. The minimum absolute atomic E-state index is 0.00930. The lowest BCUT2D eigenvalue weighted by molar-refractivity contribution is -0.114. The van der Waals surface area contributed by atoms with Crippen LogP contribution in [-0.2, 0) is 10.3 Å². The summed E-state index contributed by atoms with van der Waals surface area (Å²) in [6.07, 6.45) is 3.60. The lowest BCUT2D eigenvalue weighted by Crippen LogP contribution is -2.44. The number of anilines is 1. The molecule has 0 aromatic heterocycles. The number of carbonyl (C=O) groups excluding carboxylic acids is 2. The molecule has 2 aromatic rings. The maximum Gasteiger partial charge on any atom is 0.252 e. The number of fused-ring (bicyclic) bond motifs is 1. The first kappa shape index (κ1) is 19.2. The Labute approximate surface area is 168 Å². The highest BCUT2D eigenvalue weighted by Gasteiger charge is 2.38. The quantitative estimate of drug-likeness (QED) is 0.822. The van der Waals surface area contributed by atoms with Gasteiger partial charge in [0, 0.05) is 12.5 Å². The molecule has 0 bridgehead atoms. The molecule has 1 aliphatic carbocycles. The minimum atomic E-state index is -0.584. The van der Waals surface area contributed by atoms with Crippen molar-refractivity contribution in [3.05, 3.63) is 53.3 Å². The number of amides is 2. The van der Waals surface area contributed by atoms with E-state index in [1.165, 1.54) is 25.1 Å². The van der Waals surface area contributed by atoms with E-state index < -0.39 is 17.3 Å². The van der Waals surface area contributed by atoms with Crippen molar-refractivity contribution < 1.29 is 23.5 Å². The van der Waals surface area contributed by atoms with Crippen molar-refractivity contribution in [2.24, 2.45) is 0 Å². The summed E-state index contributed by atoms with van der Waals surface area (Å²) >= 11 is 0. The van der Waals surface area contributed by atoms with Gasteiger partial charge in [0.25, 0.3) is 5.91 Å². The zero-order valence-electron chi connectivity index (χ0n) is 16.2. The first-order valence-corrected chi connectivity index (χ1v) is 9.77. The number of hydrogen-bond donors (Lipinski definition) is 2. The lowest BCUT2D eigenvalue weighted by atomic mass is 9.87. The second-order valence-corrected chi connectivity index (χ2v) is 7.48. The van der Waals surface area contributed by atoms with Gasteiger partial charge in [-0.25, -0.2) is 4.39 Å². The highest BCUT2D eigenvalue weighted by Crippen LogP contribution is 2.42. The maximum atomic E-state index is 13.9. The van der Waals surface area contributed by atoms with E-state index in [1.54, 1.807) is 0 Å². The number of benzene rings is 2. The zero-order chi connectivity index (χ0) is 20.4. The molecule has 7 heteroatoms. The van der Waals surface area contributed by atoms with Crippen LogP contribution in [0.1, 0.15) is 48.5 Å². The molecule has 6 nitrogen and oxygen atoms in total. The Morgan fingerprint density at radius 1 is 1.00 bits per heavy atom. The number of ether oxygens (including phenoxy) is 2. The molecule has 0 radical (unpaired) electrons. The number of rotatable bonds is 4. The van der Waals surface area contributed by atoms with Gasteiger partial charge >= 0.3 is 0 Å². The molecule has 29 heavy (non-hydrogen) atoms. The van der Waals surface area contributed by atoms with Crippen LogP contribution in [0.4, 0.5) is 10.1 Å². The highest BCUT2D eigenvalue weighted by molar-refractivity contribution is 5.97. The smallest absolute Gasteiger partial charge is 0.252 e. The van der Waals surface area contributed by atoms with E-state index in [1.807, 2.05) is 18.2 Å². The van der Waals surface area contributed by atoms with Crippen molar-refractivity contribution in [1.82, 2.24) is 5.32 Å². The second kappa shape index (κ2) is 7.73. The van der Waals surface area contributed by atoms with Gasteiger partial charge in [-0.2, -0.15) is 0 Å². The van der Waals surface area contributed by atoms with E-state index in [2.05, 4.69) is 10.6 Å². The van der Waals surface area contributed by atoms with E-state index in [-0.39, 0.29) is 11.6 Å². The van der Waals surface area contributed by atoms with Crippen molar-refractivity contribution in [2.75, 3.05) is 18.5 Å². The molecular weight excluding hydrogens is 375 g/mol. The average Bonchev–Trinajstić information content (AvgIpc) is 3.18. The fourth-order valence-electron chi connectivity index (χ4n) is 4.05. The third kappa shape index (κ3) is 3.90. The SMILES string of the molecule is CC(=O)Nc1cc(C(=O)NC2(c3ccc4c(c3)OCCO4)CCCC2)ccc1F. The van der Waals surface area contributed by atoms with Gasteiger partial charge in [0.05, 0.1) is 11.2 Å².